The van der Waals surface area contributed by atoms with Gasteiger partial charge in [-0.2, -0.15) is 0 Å². The molecule has 0 unspecified atom stereocenters. The number of hydrogen-bond acceptors (Lipinski definition) is 2. The Hall–Kier alpha value is -2.07. The summed E-state index contributed by atoms with van der Waals surface area (Å²) in [7, 11) is 0. The summed E-state index contributed by atoms with van der Waals surface area (Å²) in [6.45, 7) is 5.86. The Balaban J connectivity index is 1.99. The molecule has 0 heterocycles. The van der Waals surface area contributed by atoms with Crippen LogP contribution in [0.1, 0.15) is 32.3 Å². The normalized spacial score (nSPS) is 12.1. The van der Waals surface area contributed by atoms with Crippen LogP contribution < -0.4 is 10.1 Å². The summed E-state index contributed by atoms with van der Waals surface area (Å²) >= 11 is 5.89. The van der Waals surface area contributed by atoms with Crippen molar-refractivity contribution in [2.75, 3.05) is 5.32 Å². The van der Waals surface area contributed by atoms with Crippen LogP contribution in [0.4, 0.5) is 10.1 Å². The number of carbonyl (C=O) groups is 1. The van der Waals surface area contributed by atoms with Gasteiger partial charge < -0.3 is 10.1 Å². The van der Waals surface area contributed by atoms with E-state index >= 15 is 0 Å². The zero-order valence-electron chi connectivity index (χ0n) is 13.3. The molecule has 0 aliphatic rings. The van der Waals surface area contributed by atoms with Crippen LogP contribution in [0, 0.1) is 5.82 Å². The standard InChI is InChI=1S/C18H19ClFNO2/c1-11(2)13-4-7-15(8-5-13)23-12(3)18(22)21-17-9-6-14(20)10-16(17)19/h4-12H,1-3H3,(H,21,22)/t12-/m1/s1. The van der Waals surface area contributed by atoms with Gasteiger partial charge in [0, 0.05) is 0 Å². The topological polar surface area (TPSA) is 38.3 Å². The SMILES string of the molecule is CC(C)c1ccc(O[C@H](C)C(=O)Nc2ccc(F)cc2Cl)cc1. The molecule has 0 saturated carbocycles. The van der Waals surface area contributed by atoms with E-state index in [0.29, 0.717) is 17.4 Å². The monoisotopic (exact) mass is 335 g/mol. The molecule has 0 bridgehead atoms. The maximum atomic E-state index is 13.0. The number of benzene rings is 2. The summed E-state index contributed by atoms with van der Waals surface area (Å²) in [6, 6.07) is 11.4. The number of rotatable bonds is 5. The van der Waals surface area contributed by atoms with Gasteiger partial charge in [-0.25, -0.2) is 4.39 Å². The van der Waals surface area contributed by atoms with Crippen LogP contribution in [0.3, 0.4) is 0 Å². The molecule has 2 rings (SSSR count). The van der Waals surface area contributed by atoms with E-state index in [-0.39, 0.29) is 10.9 Å². The number of hydrogen-bond donors (Lipinski definition) is 1. The smallest absolute Gasteiger partial charge is 0.265 e. The molecule has 1 amide bonds. The number of amides is 1. The average molecular weight is 336 g/mol. The lowest BCUT2D eigenvalue weighted by molar-refractivity contribution is -0.122. The highest BCUT2D eigenvalue weighted by atomic mass is 35.5. The van der Waals surface area contributed by atoms with E-state index in [1.54, 1.807) is 6.92 Å². The van der Waals surface area contributed by atoms with Gasteiger partial charge in [-0.15, -0.1) is 0 Å². The summed E-state index contributed by atoms with van der Waals surface area (Å²) < 4.78 is 18.6. The fourth-order valence-corrected chi connectivity index (χ4v) is 2.23. The second kappa shape index (κ2) is 7.47. The second-order valence-corrected chi connectivity index (χ2v) is 6.00. The van der Waals surface area contributed by atoms with Crippen LogP contribution in [-0.2, 0) is 4.79 Å². The third-order valence-electron chi connectivity index (χ3n) is 3.42. The van der Waals surface area contributed by atoms with Gasteiger partial charge in [-0.3, -0.25) is 4.79 Å². The molecule has 0 radical (unpaired) electrons. The van der Waals surface area contributed by atoms with Gasteiger partial charge in [-0.1, -0.05) is 37.6 Å². The number of nitrogens with one attached hydrogen (secondary N) is 1. The van der Waals surface area contributed by atoms with Gasteiger partial charge in [0.15, 0.2) is 6.10 Å². The summed E-state index contributed by atoms with van der Waals surface area (Å²) in [5, 5.41) is 2.77. The minimum Gasteiger partial charge on any atom is -0.481 e. The molecule has 23 heavy (non-hydrogen) atoms. The van der Waals surface area contributed by atoms with Crippen molar-refractivity contribution < 1.29 is 13.9 Å². The molecular weight excluding hydrogens is 317 g/mol. The number of ether oxygens (including phenoxy) is 1. The third-order valence-corrected chi connectivity index (χ3v) is 3.73. The molecule has 0 saturated heterocycles. The van der Waals surface area contributed by atoms with Crippen LogP contribution in [0.25, 0.3) is 0 Å². The lowest BCUT2D eigenvalue weighted by Crippen LogP contribution is -2.30. The van der Waals surface area contributed by atoms with E-state index in [9.17, 15) is 9.18 Å². The Kier molecular flexibility index (Phi) is 5.61. The van der Waals surface area contributed by atoms with Crippen LogP contribution in [0.2, 0.25) is 5.02 Å². The van der Waals surface area contributed by atoms with Crippen molar-refractivity contribution in [2.45, 2.75) is 32.8 Å². The van der Waals surface area contributed by atoms with Crippen LogP contribution >= 0.6 is 11.6 Å². The minimum atomic E-state index is -0.707. The second-order valence-electron chi connectivity index (χ2n) is 5.60. The molecular formula is C18H19ClFNO2. The molecule has 3 nitrogen and oxygen atoms in total. The molecule has 0 fully saturated rings. The lowest BCUT2D eigenvalue weighted by Gasteiger charge is -2.16. The number of anilines is 1. The van der Waals surface area contributed by atoms with Crippen molar-refractivity contribution in [3.8, 4) is 5.75 Å². The van der Waals surface area contributed by atoms with Crippen molar-refractivity contribution in [1.29, 1.82) is 0 Å². The molecule has 122 valence electrons. The summed E-state index contributed by atoms with van der Waals surface area (Å²) in [5.41, 5.74) is 1.55. The Bertz CT molecular complexity index is 686. The van der Waals surface area contributed by atoms with E-state index < -0.39 is 11.9 Å². The van der Waals surface area contributed by atoms with Crippen molar-refractivity contribution >= 4 is 23.2 Å². The van der Waals surface area contributed by atoms with Crippen LogP contribution in [-0.4, -0.2) is 12.0 Å². The minimum absolute atomic E-state index is 0.145. The van der Waals surface area contributed by atoms with E-state index in [2.05, 4.69) is 19.2 Å². The Morgan fingerprint density at radius 3 is 2.35 bits per heavy atom. The summed E-state index contributed by atoms with van der Waals surface area (Å²) in [6.07, 6.45) is -0.707. The van der Waals surface area contributed by atoms with Gasteiger partial charge >= 0.3 is 0 Å². The van der Waals surface area contributed by atoms with Crippen molar-refractivity contribution in [1.82, 2.24) is 0 Å². The quantitative estimate of drug-likeness (QED) is 0.834. The van der Waals surface area contributed by atoms with Crippen molar-refractivity contribution in [3.63, 3.8) is 0 Å². The molecule has 1 N–H and O–H groups in total. The molecule has 2 aromatic carbocycles. The van der Waals surface area contributed by atoms with Crippen molar-refractivity contribution in [3.05, 3.63) is 58.9 Å². The van der Waals surface area contributed by atoms with Gasteiger partial charge in [-0.05, 0) is 48.7 Å². The first-order valence-electron chi connectivity index (χ1n) is 7.39. The average Bonchev–Trinajstić information content (AvgIpc) is 2.50. The summed E-state index contributed by atoms with van der Waals surface area (Å²) in [5.74, 6) is 0.238. The van der Waals surface area contributed by atoms with Crippen molar-refractivity contribution in [2.24, 2.45) is 0 Å². The van der Waals surface area contributed by atoms with Crippen LogP contribution in [0.15, 0.2) is 42.5 Å². The van der Waals surface area contributed by atoms with Gasteiger partial charge in [0.1, 0.15) is 11.6 Å². The zero-order valence-corrected chi connectivity index (χ0v) is 14.0. The van der Waals surface area contributed by atoms with Gasteiger partial charge in [0.05, 0.1) is 10.7 Å². The Morgan fingerprint density at radius 2 is 1.78 bits per heavy atom. The predicted octanol–water partition coefficient (Wildman–Crippen LogP) is 5.01. The Labute approximate surface area is 140 Å². The van der Waals surface area contributed by atoms with E-state index in [1.807, 2.05) is 24.3 Å². The maximum Gasteiger partial charge on any atom is 0.265 e. The highest BCUT2D eigenvalue weighted by molar-refractivity contribution is 6.33. The first kappa shape index (κ1) is 17.3. The molecule has 0 spiro atoms. The van der Waals surface area contributed by atoms with Crippen LogP contribution in [0.5, 0.6) is 5.75 Å². The summed E-state index contributed by atoms with van der Waals surface area (Å²) in [4.78, 5) is 12.1. The largest absolute Gasteiger partial charge is 0.481 e. The maximum absolute atomic E-state index is 13.0. The molecule has 5 heteroatoms. The van der Waals surface area contributed by atoms with Gasteiger partial charge in [0.2, 0.25) is 0 Å². The number of halogens is 2. The molecule has 1 atom stereocenters. The zero-order chi connectivity index (χ0) is 17.0. The number of carbonyl (C=O) groups excluding carboxylic acids is 1. The lowest BCUT2D eigenvalue weighted by atomic mass is 10.0. The first-order valence-corrected chi connectivity index (χ1v) is 7.77. The van der Waals surface area contributed by atoms with E-state index in [1.165, 1.54) is 17.7 Å². The van der Waals surface area contributed by atoms with Gasteiger partial charge in [0.25, 0.3) is 5.91 Å². The molecule has 0 aliphatic heterocycles. The highest BCUT2D eigenvalue weighted by Gasteiger charge is 2.16. The molecule has 0 aromatic heterocycles. The third kappa shape index (κ3) is 4.70. The predicted molar refractivity (Wildman–Crippen MR) is 90.7 cm³/mol. The first-order chi connectivity index (χ1) is 10.9. The fraction of sp³-hybridized carbons (Fsp3) is 0.278. The molecule has 0 aliphatic carbocycles. The van der Waals surface area contributed by atoms with E-state index in [0.717, 1.165) is 6.07 Å². The molecule has 2 aromatic rings. The highest BCUT2D eigenvalue weighted by Crippen LogP contribution is 2.23. The van der Waals surface area contributed by atoms with E-state index in [4.69, 9.17) is 16.3 Å². The Morgan fingerprint density at radius 1 is 1.13 bits per heavy atom. The fourth-order valence-electron chi connectivity index (χ4n) is 2.01.